The van der Waals surface area contributed by atoms with Gasteiger partial charge in [-0.05, 0) is 87.3 Å². The Morgan fingerprint density at radius 2 is 0.969 bits per heavy atom. The van der Waals surface area contributed by atoms with Gasteiger partial charge in [-0.15, -0.1) is 11.3 Å². The molecule has 0 saturated heterocycles. The van der Waals surface area contributed by atoms with Crippen molar-refractivity contribution in [2.24, 2.45) is 0 Å². The standard InChI is InChI=1S/C58H32N4OS/c1-2-14-33(15-3-1)34-16-10-17-35(32-34)61-44-26-12-22-39-36-18-4-5-19-37(36)40-23-13-27-45-51(40)54-47(31-30-46(61)53(54)50(39)44)62(45)58-59-55(52-42-21-7-9-29-49(42)64-57(52)60-58)43-25-11-24-41-38-20-6-8-28-48(38)63-56(41)43/h1-32H. The molecule has 15 aromatic rings. The molecule has 6 heteroatoms. The molecule has 0 aliphatic rings. The van der Waals surface area contributed by atoms with E-state index >= 15 is 0 Å². The van der Waals surface area contributed by atoms with Crippen LogP contribution in [0, 0.1) is 0 Å². The maximum atomic E-state index is 6.71. The van der Waals surface area contributed by atoms with Gasteiger partial charge in [0.25, 0.3) is 0 Å². The molecule has 0 N–H and O–H groups in total. The smallest absolute Gasteiger partial charge is 0.236 e. The van der Waals surface area contributed by atoms with E-state index in [0.717, 1.165) is 71.0 Å². The van der Waals surface area contributed by atoms with Gasteiger partial charge < -0.3 is 8.98 Å². The summed E-state index contributed by atoms with van der Waals surface area (Å²) >= 11 is 1.72. The molecular weight excluding hydrogens is 801 g/mol. The maximum Gasteiger partial charge on any atom is 0.236 e. The molecule has 0 spiro atoms. The Hall–Kier alpha value is -8.32. The zero-order chi connectivity index (χ0) is 41.6. The average Bonchev–Trinajstić information content (AvgIpc) is 4.11. The topological polar surface area (TPSA) is 48.8 Å². The molecule has 0 atom stereocenters. The van der Waals surface area contributed by atoms with Crippen LogP contribution in [0.15, 0.2) is 199 Å². The molecule has 5 aromatic heterocycles. The van der Waals surface area contributed by atoms with Crippen LogP contribution in [-0.4, -0.2) is 19.1 Å². The van der Waals surface area contributed by atoms with Crippen molar-refractivity contribution in [3.63, 3.8) is 0 Å². The van der Waals surface area contributed by atoms with Crippen LogP contribution in [0.4, 0.5) is 0 Å². The minimum atomic E-state index is 0.630. The zero-order valence-corrected chi connectivity index (χ0v) is 34.9. The highest BCUT2D eigenvalue weighted by Crippen LogP contribution is 2.49. The second-order valence-electron chi connectivity index (χ2n) is 16.8. The molecular formula is C58H32N4OS. The van der Waals surface area contributed by atoms with Gasteiger partial charge in [0, 0.05) is 59.0 Å². The lowest BCUT2D eigenvalue weighted by molar-refractivity contribution is 0.670. The van der Waals surface area contributed by atoms with Gasteiger partial charge in [0.2, 0.25) is 5.95 Å². The Bertz CT molecular complexity index is 4440. The molecule has 0 saturated carbocycles. The van der Waals surface area contributed by atoms with Gasteiger partial charge in [0.1, 0.15) is 16.0 Å². The molecule has 10 aromatic carbocycles. The number of aromatic nitrogens is 4. The van der Waals surface area contributed by atoms with Crippen molar-refractivity contribution in [1.29, 1.82) is 0 Å². The van der Waals surface area contributed by atoms with E-state index < -0.39 is 0 Å². The van der Waals surface area contributed by atoms with Crippen molar-refractivity contribution in [3.05, 3.63) is 194 Å². The fourth-order valence-electron chi connectivity index (χ4n) is 10.9. The predicted molar refractivity (Wildman–Crippen MR) is 268 cm³/mol. The maximum absolute atomic E-state index is 6.71. The van der Waals surface area contributed by atoms with Gasteiger partial charge in [-0.3, -0.25) is 4.57 Å². The highest BCUT2D eigenvalue weighted by molar-refractivity contribution is 7.25. The summed E-state index contributed by atoms with van der Waals surface area (Å²) in [5.41, 5.74) is 11.5. The van der Waals surface area contributed by atoms with Crippen molar-refractivity contribution >= 4 is 119 Å². The third-order valence-corrected chi connectivity index (χ3v) is 14.6. The van der Waals surface area contributed by atoms with Crippen molar-refractivity contribution in [3.8, 4) is 34.0 Å². The van der Waals surface area contributed by atoms with Crippen molar-refractivity contribution in [2.75, 3.05) is 0 Å². The lowest BCUT2D eigenvalue weighted by Crippen LogP contribution is -2.02. The first-order chi connectivity index (χ1) is 31.8. The van der Waals surface area contributed by atoms with Crippen molar-refractivity contribution in [1.82, 2.24) is 19.1 Å². The molecule has 0 radical (unpaired) electrons. The van der Waals surface area contributed by atoms with Gasteiger partial charge >= 0.3 is 0 Å². The van der Waals surface area contributed by atoms with Crippen LogP contribution in [0.3, 0.4) is 0 Å². The number of thiophene rings is 1. The van der Waals surface area contributed by atoms with E-state index in [-0.39, 0.29) is 0 Å². The molecule has 0 fully saturated rings. The van der Waals surface area contributed by atoms with Gasteiger partial charge in [0.05, 0.1) is 27.8 Å². The van der Waals surface area contributed by atoms with E-state index in [1.165, 1.54) is 64.4 Å². The summed E-state index contributed by atoms with van der Waals surface area (Å²) in [6.07, 6.45) is 0. The summed E-state index contributed by atoms with van der Waals surface area (Å²) in [5, 5.41) is 14.1. The number of rotatable bonds is 4. The Balaban J connectivity index is 1.11. The normalized spacial score (nSPS) is 12.4. The Morgan fingerprint density at radius 1 is 0.391 bits per heavy atom. The third kappa shape index (κ3) is 4.51. The highest BCUT2D eigenvalue weighted by atomic mass is 32.1. The number of para-hydroxylation sites is 2. The Morgan fingerprint density at radius 3 is 1.75 bits per heavy atom. The number of hydrogen-bond donors (Lipinski definition) is 0. The number of fused-ring (bicyclic) bond motifs is 9. The Labute approximate surface area is 368 Å². The van der Waals surface area contributed by atoms with Crippen LogP contribution in [0.2, 0.25) is 0 Å². The van der Waals surface area contributed by atoms with Crippen LogP contribution in [0.1, 0.15) is 0 Å². The lowest BCUT2D eigenvalue weighted by atomic mass is 9.95. The SMILES string of the molecule is c1ccc(-c2cccc(-n3c4cccc5c6ccccc6c6cccc7c6c6c(c54)c3ccc6n7-c3nc(-c4cccc5c4oc4ccccc45)c4c(n3)sc3ccccc34)c2)cc1. The quantitative estimate of drug-likeness (QED) is 0.177. The molecule has 5 heterocycles. The first kappa shape index (κ1) is 34.3. The molecule has 0 aliphatic heterocycles. The molecule has 296 valence electrons. The minimum absolute atomic E-state index is 0.630. The summed E-state index contributed by atoms with van der Waals surface area (Å²) in [6.45, 7) is 0. The molecule has 64 heavy (non-hydrogen) atoms. The molecule has 15 rings (SSSR count). The molecule has 5 nitrogen and oxygen atoms in total. The van der Waals surface area contributed by atoms with Crippen molar-refractivity contribution in [2.45, 2.75) is 0 Å². The average molecular weight is 833 g/mol. The van der Waals surface area contributed by atoms with Gasteiger partial charge in [-0.1, -0.05) is 140 Å². The highest BCUT2D eigenvalue weighted by Gasteiger charge is 2.27. The molecule has 0 unspecified atom stereocenters. The van der Waals surface area contributed by atoms with E-state index in [2.05, 4.69) is 191 Å². The Kier molecular flexibility index (Phi) is 6.77. The van der Waals surface area contributed by atoms with Crippen LogP contribution in [0.25, 0.3) is 141 Å². The fraction of sp³-hybridized carbons (Fsp3) is 0. The minimum Gasteiger partial charge on any atom is -0.455 e. The summed E-state index contributed by atoms with van der Waals surface area (Å²) < 4.78 is 12.7. The van der Waals surface area contributed by atoms with E-state index in [4.69, 9.17) is 14.4 Å². The van der Waals surface area contributed by atoms with Gasteiger partial charge in [-0.2, -0.15) is 0 Å². The van der Waals surface area contributed by atoms with Gasteiger partial charge in [0.15, 0.2) is 0 Å². The van der Waals surface area contributed by atoms with Crippen LogP contribution in [0.5, 0.6) is 0 Å². The van der Waals surface area contributed by atoms with E-state index in [1.54, 1.807) is 11.3 Å². The zero-order valence-electron chi connectivity index (χ0n) is 34.1. The summed E-state index contributed by atoms with van der Waals surface area (Å²) in [5.74, 6) is 0.630. The largest absolute Gasteiger partial charge is 0.455 e. The summed E-state index contributed by atoms with van der Waals surface area (Å²) in [6, 6.07) is 69.9. The van der Waals surface area contributed by atoms with Crippen LogP contribution in [-0.2, 0) is 0 Å². The molecule has 0 amide bonds. The van der Waals surface area contributed by atoms with Crippen molar-refractivity contribution < 1.29 is 4.42 Å². The first-order valence-corrected chi connectivity index (χ1v) is 22.5. The predicted octanol–water partition coefficient (Wildman–Crippen LogP) is 16.0. The number of nitrogens with zero attached hydrogens (tertiary/aromatic N) is 4. The number of benzene rings is 9. The van der Waals surface area contributed by atoms with E-state index in [9.17, 15) is 0 Å². The first-order valence-electron chi connectivity index (χ1n) is 21.7. The van der Waals surface area contributed by atoms with E-state index in [1.807, 2.05) is 12.1 Å². The molecule has 0 bridgehead atoms. The fourth-order valence-corrected chi connectivity index (χ4v) is 12.0. The summed E-state index contributed by atoms with van der Waals surface area (Å²) in [4.78, 5) is 12.2. The second kappa shape index (κ2) is 12.6. The van der Waals surface area contributed by atoms with E-state index in [0.29, 0.717) is 5.95 Å². The second-order valence-corrected chi connectivity index (χ2v) is 17.8. The lowest BCUT2D eigenvalue weighted by Gasteiger charge is -2.12. The summed E-state index contributed by atoms with van der Waals surface area (Å²) in [7, 11) is 0. The molecule has 0 aliphatic carbocycles. The third-order valence-electron chi connectivity index (χ3n) is 13.5. The van der Waals surface area contributed by atoms with Crippen LogP contribution >= 0.6 is 11.3 Å². The monoisotopic (exact) mass is 832 g/mol. The number of furan rings is 1. The van der Waals surface area contributed by atoms with Gasteiger partial charge in [-0.25, -0.2) is 9.97 Å². The number of hydrogen-bond acceptors (Lipinski definition) is 4. The van der Waals surface area contributed by atoms with Crippen LogP contribution < -0.4 is 0 Å².